The topological polar surface area (TPSA) is 64.1 Å². The molecule has 0 aromatic carbocycles. The molecule has 4 nitrogen and oxygen atoms in total. The van der Waals surface area contributed by atoms with Crippen molar-refractivity contribution < 1.29 is 4.42 Å². The average molecular weight is 217 g/mol. The third kappa shape index (κ3) is 2.48. The van der Waals surface area contributed by atoms with Crippen molar-refractivity contribution in [2.45, 2.75) is 19.4 Å². The van der Waals surface area contributed by atoms with Crippen molar-refractivity contribution in [2.24, 2.45) is 5.84 Å². The molecule has 0 fully saturated rings. The van der Waals surface area contributed by atoms with Crippen LogP contribution in [-0.4, -0.2) is 4.98 Å². The van der Waals surface area contributed by atoms with Crippen molar-refractivity contribution in [2.75, 3.05) is 0 Å². The highest BCUT2D eigenvalue weighted by atomic mass is 16.3. The molecule has 2 heterocycles. The summed E-state index contributed by atoms with van der Waals surface area (Å²) in [5.41, 5.74) is 6.13. The molecule has 0 aliphatic heterocycles. The summed E-state index contributed by atoms with van der Waals surface area (Å²) in [6, 6.07) is 4.08. The highest BCUT2D eigenvalue weighted by molar-refractivity contribution is 5.22. The number of rotatable bonds is 4. The zero-order chi connectivity index (χ0) is 11.4. The van der Waals surface area contributed by atoms with Crippen LogP contribution in [0.4, 0.5) is 0 Å². The smallest absolute Gasteiger partial charge is 0.0935 e. The molecular formula is C12H15N3O. The summed E-state index contributed by atoms with van der Waals surface area (Å²) in [4.78, 5) is 4.16. The molecule has 0 aliphatic carbocycles. The molecule has 2 aromatic rings. The molecular weight excluding hydrogens is 202 g/mol. The van der Waals surface area contributed by atoms with Crippen LogP contribution in [0.15, 0.2) is 41.5 Å². The first-order valence-corrected chi connectivity index (χ1v) is 5.18. The predicted molar refractivity (Wildman–Crippen MR) is 61.5 cm³/mol. The lowest BCUT2D eigenvalue weighted by Crippen LogP contribution is -2.29. The van der Waals surface area contributed by atoms with Gasteiger partial charge in [0, 0.05) is 12.4 Å². The van der Waals surface area contributed by atoms with Crippen LogP contribution in [0, 0.1) is 6.92 Å². The Morgan fingerprint density at radius 3 is 3.00 bits per heavy atom. The van der Waals surface area contributed by atoms with Gasteiger partial charge in [0.05, 0.1) is 18.6 Å². The molecule has 1 unspecified atom stereocenters. The molecule has 2 rings (SSSR count). The molecule has 84 valence electrons. The van der Waals surface area contributed by atoms with E-state index in [2.05, 4.69) is 16.5 Å². The standard InChI is InChI=1S/C12H15N3O/c1-9-4-11(7-14-6-9)12(15-13)5-10-2-3-16-8-10/h2-4,6-8,12,15H,5,13H2,1H3. The average Bonchev–Trinajstić information content (AvgIpc) is 2.78. The highest BCUT2D eigenvalue weighted by Gasteiger charge is 2.11. The lowest BCUT2D eigenvalue weighted by atomic mass is 10.0. The maximum Gasteiger partial charge on any atom is 0.0935 e. The molecule has 1 atom stereocenters. The Labute approximate surface area is 94.5 Å². The Bertz CT molecular complexity index is 439. The maximum atomic E-state index is 5.56. The van der Waals surface area contributed by atoms with Crippen LogP contribution < -0.4 is 11.3 Å². The van der Waals surface area contributed by atoms with Gasteiger partial charge in [-0.2, -0.15) is 0 Å². The summed E-state index contributed by atoms with van der Waals surface area (Å²) in [6.07, 6.45) is 7.84. The van der Waals surface area contributed by atoms with E-state index in [4.69, 9.17) is 10.3 Å². The van der Waals surface area contributed by atoms with E-state index in [1.165, 1.54) is 0 Å². The monoisotopic (exact) mass is 217 g/mol. The zero-order valence-electron chi connectivity index (χ0n) is 9.18. The van der Waals surface area contributed by atoms with E-state index in [0.717, 1.165) is 23.1 Å². The number of aryl methyl sites for hydroxylation is 1. The van der Waals surface area contributed by atoms with Gasteiger partial charge < -0.3 is 4.42 Å². The van der Waals surface area contributed by atoms with Gasteiger partial charge in [0.25, 0.3) is 0 Å². The number of furan rings is 1. The fraction of sp³-hybridized carbons (Fsp3) is 0.250. The van der Waals surface area contributed by atoms with E-state index in [9.17, 15) is 0 Å². The fourth-order valence-corrected chi connectivity index (χ4v) is 1.69. The van der Waals surface area contributed by atoms with Gasteiger partial charge in [-0.1, -0.05) is 6.07 Å². The fourth-order valence-electron chi connectivity index (χ4n) is 1.69. The van der Waals surface area contributed by atoms with Gasteiger partial charge >= 0.3 is 0 Å². The van der Waals surface area contributed by atoms with Crippen LogP contribution in [-0.2, 0) is 6.42 Å². The van der Waals surface area contributed by atoms with E-state index >= 15 is 0 Å². The van der Waals surface area contributed by atoms with Crippen LogP contribution in [0.2, 0.25) is 0 Å². The van der Waals surface area contributed by atoms with Gasteiger partial charge in [0.1, 0.15) is 0 Å². The van der Waals surface area contributed by atoms with Crippen molar-refractivity contribution >= 4 is 0 Å². The van der Waals surface area contributed by atoms with Crippen LogP contribution in [0.25, 0.3) is 0 Å². The Hall–Kier alpha value is -1.65. The van der Waals surface area contributed by atoms with Gasteiger partial charge in [-0.15, -0.1) is 0 Å². The number of nitrogens with two attached hydrogens (primary N) is 1. The van der Waals surface area contributed by atoms with Gasteiger partial charge in [0.2, 0.25) is 0 Å². The molecule has 3 N–H and O–H groups in total. The number of pyridine rings is 1. The second-order valence-electron chi connectivity index (χ2n) is 3.85. The lowest BCUT2D eigenvalue weighted by molar-refractivity contribution is 0.534. The normalized spacial score (nSPS) is 12.6. The third-order valence-corrected chi connectivity index (χ3v) is 2.52. The van der Waals surface area contributed by atoms with Crippen LogP contribution in [0.3, 0.4) is 0 Å². The lowest BCUT2D eigenvalue weighted by Gasteiger charge is -2.15. The van der Waals surface area contributed by atoms with Crippen LogP contribution in [0.1, 0.15) is 22.7 Å². The van der Waals surface area contributed by atoms with Crippen molar-refractivity contribution in [3.63, 3.8) is 0 Å². The summed E-state index contributed by atoms with van der Waals surface area (Å²) >= 11 is 0. The van der Waals surface area contributed by atoms with E-state index in [1.807, 2.05) is 25.4 Å². The highest BCUT2D eigenvalue weighted by Crippen LogP contribution is 2.17. The van der Waals surface area contributed by atoms with Crippen molar-refractivity contribution in [1.29, 1.82) is 0 Å². The van der Waals surface area contributed by atoms with Crippen LogP contribution in [0.5, 0.6) is 0 Å². The number of hydrazine groups is 1. The van der Waals surface area contributed by atoms with E-state index in [-0.39, 0.29) is 6.04 Å². The number of hydrogen-bond acceptors (Lipinski definition) is 4. The number of nitrogens with zero attached hydrogens (tertiary/aromatic N) is 1. The molecule has 0 aliphatic rings. The Morgan fingerprint density at radius 2 is 2.38 bits per heavy atom. The second kappa shape index (κ2) is 4.92. The number of aromatic nitrogens is 1. The molecule has 0 saturated heterocycles. The molecule has 0 bridgehead atoms. The van der Waals surface area contributed by atoms with Gasteiger partial charge in [-0.3, -0.25) is 16.3 Å². The first kappa shape index (κ1) is 10.9. The maximum absolute atomic E-state index is 5.56. The first-order valence-electron chi connectivity index (χ1n) is 5.18. The Balaban J connectivity index is 2.16. The molecule has 0 spiro atoms. The summed E-state index contributed by atoms with van der Waals surface area (Å²) < 4.78 is 5.04. The minimum atomic E-state index is 0.0602. The van der Waals surface area contributed by atoms with Crippen molar-refractivity contribution in [3.8, 4) is 0 Å². The minimum Gasteiger partial charge on any atom is -0.472 e. The zero-order valence-corrected chi connectivity index (χ0v) is 9.18. The first-order chi connectivity index (χ1) is 7.79. The Morgan fingerprint density at radius 1 is 1.50 bits per heavy atom. The third-order valence-electron chi connectivity index (χ3n) is 2.52. The second-order valence-corrected chi connectivity index (χ2v) is 3.85. The largest absolute Gasteiger partial charge is 0.472 e. The molecule has 2 aromatic heterocycles. The van der Waals surface area contributed by atoms with E-state index < -0.39 is 0 Å². The van der Waals surface area contributed by atoms with Gasteiger partial charge in [-0.25, -0.2) is 0 Å². The summed E-state index contributed by atoms with van der Waals surface area (Å²) in [5.74, 6) is 5.56. The molecule has 0 saturated carbocycles. The predicted octanol–water partition coefficient (Wildman–Crippen LogP) is 1.73. The van der Waals surface area contributed by atoms with Gasteiger partial charge in [0.15, 0.2) is 0 Å². The van der Waals surface area contributed by atoms with Crippen LogP contribution >= 0.6 is 0 Å². The Kier molecular flexibility index (Phi) is 3.34. The summed E-state index contributed by atoms with van der Waals surface area (Å²) in [5, 5.41) is 0. The van der Waals surface area contributed by atoms with E-state index in [0.29, 0.717) is 0 Å². The van der Waals surface area contributed by atoms with E-state index in [1.54, 1.807) is 12.5 Å². The molecule has 16 heavy (non-hydrogen) atoms. The number of nitrogens with one attached hydrogen (secondary N) is 1. The van der Waals surface area contributed by atoms with Crippen molar-refractivity contribution in [3.05, 3.63) is 53.7 Å². The summed E-state index contributed by atoms with van der Waals surface area (Å²) in [6.45, 7) is 2.02. The quantitative estimate of drug-likeness (QED) is 0.604. The molecule has 0 amide bonds. The SMILES string of the molecule is Cc1cncc(C(Cc2ccoc2)NN)c1. The summed E-state index contributed by atoms with van der Waals surface area (Å²) in [7, 11) is 0. The molecule has 0 radical (unpaired) electrons. The van der Waals surface area contributed by atoms with Gasteiger partial charge in [-0.05, 0) is 36.1 Å². The number of hydrogen-bond donors (Lipinski definition) is 2. The van der Waals surface area contributed by atoms with Crippen molar-refractivity contribution in [1.82, 2.24) is 10.4 Å². The molecule has 4 heteroatoms. The minimum absolute atomic E-state index is 0.0602.